The SMILES string of the molecule is COc1ccc(Cl)cc1CC(=O)Cc1cccc(Cl)c1F. The largest absolute Gasteiger partial charge is 0.496 e. The lowest BCUT2D eigenvalue weighted by Crippen LogP contribution is -2.09. The highest BCUT2D eigenvalue weighted by Crippen LogP contribution is 2.24. The van der Waals surface area contributed by atoms with Crippen LogP contribution in [0.5, 0.6) is 5.75 Å². The van der Waals surface area contributed by atoms with Gasteiger partial charge in [0.1, 0.15) is 17.3 Å². The number of hydrogen-bond donors (Lipinski definition) is 0. The number of hydrogen-bond acceptors (Lipinski definition) is 2. The molecule has 0 atom stereocenters. The van der Waals surface area contributed by atoms with Crippen LogP contribution in [0.4, 0.5) is 4.39 Å². The predicted molar refractivity (Wildman–Crippen MR) is 81.8 cm³/mol. The van der Waals surface area contributed by atoms with Crippen LogP contribution in [0, 0.1) is 5.82 Å². The monoisotopic (exact) mass is 326 g/mol. The van der Waals surface area contributed by atoms with E-state index in [2.05, 4.69) is 0 Å². The Labute approximate surface area is 132 Å². The summed E-state index contributed by atoms with van der Waals surface area (Å²) in [4.78, 5) is 12.1. The molecule has 0 unspecified atom stereocenters. The lowest BCUT2D eigenvalue weighted by molar-refractivity contribution is -0.117. The van der Waals surface area contributed by atoms with Gasteiger partial charge < -0.3 is 4.74 Å². The Hall–Kier alpha value is -1.58. The van der Waals surface area contributed by atoms with Gasteiger partial charge >= 0.3 is 0 Å². The Kier molecular flexibility index (Phi) is 5.21. The number of Topliss-reactive ketones (excluding diaryl/α,β-unsaturated/α-hetero) is 1. The zero-order chi connectivity index (χ0) is 15.4. The molecule has 0 bridgehead atoms. The van der Waals surface area contributed by atoms with Crippen LogP contribution in [-0.2, 0) is 17.6 Å². The molecule has 0 aromatic heterocycles. The number of benzene rings is 2. The van der Waals surface area contributed by atoms with Gasteiger partial charge in [-0.05, 0) is 29.8 Å². The van der Waals surface area contributed by atoms with Gasteiger partial charge in [0, 0.05) is 23.4 Å². The molecule has 2 nitrogen and oxygen atoms in total. The van der Waals surface area contributed by atoms with E-state index in [4.69, 9.17) is 27.9 Å². The van der Waals surface area contributed by atoms with Crippen LogP contribution >= 0.6 is 23.2 Å². The molecule has 0 fully saturated rings. The minimum absolute atomic E-state index is 0.0145. The summed E-state index contributed by atoms with van der Waals surface area (Å²) >= 11 is 11.6. The van der Waals surface area contributed by atoms with Gasteiger partial charge in [0.2, 0.25) is 0 Å². The Bertz CT molecular complexity index is 671. The van der Waals surface area contributed by atoms with Crippen molar-refractivity contribution >= 4 is 29.0 Å². The van der Waals surface area contributed by atoms with Crippen LogP contribution < -0.4 is 4.74 Å². The van der Waals surface area contributed by atoms with E-state index in [-0.39, 0.29) is 29.2 Å². The normalized spacial score (nSPS) is 10.5. The fourth-order valence-corrected chi connectivity index (χ4v) is 2.45. The second-order valence-corrected chi connectivity index (χ2v) is 5.40. The molecule has 5 heteroatoms. The van der Waals surface area contributed by atoms with E-state index in [0.29, 0.717) is 16.3 Å². The molecular weight excluding hydrogens is 314 g/mol. The average molecular weight is 327 g/mol. The highest BCUT2D eigenvalue weighted by Gasteiger charge is 2.13. The Morgan fingerprint density at radius 1 is 1.14 bits per heavy atom. The van der Waals surface area contributed by atoms with Crippen molar-refractivity contribution in [2.45, 2.75) is 12.8 Å². The maximum Gasteiger partial charge on any atom is 0.145 e. The molecule has 0 N–H and O–H groups in total. The molecule has 0 radical (unpaired) electrons. The summed E-state index contributed by atoms with van der Waals surface area (Å²) in [6, 6.07) is 9.68. The molecule has 0 aliphatic carbocycles. The van der Waals surface area contributed by atoms with E-state index in [0.717, 1.165) is 0 Å². The van der Waals surface area contributed by atoms with Gasteiger partial charge in [-0.25, -0.2) is 4.39 Å². The van der Waals surface area contributed by atoms with Crippen molar-refractivity contribution in [1.82, 2.24) is 0 Å². The first-order valence-corrected chi connectivity index (χ1v) is 7.04. The first-order valence-electron chi connectivity index (χ1n) is 6.28. The second-order valence-electron chi connectivity index (χ2n) is 4.56. The molecule has 110 valence electrons. The van der Waals surface area contributed by atoms with Gasteiger partial charge in [0.05, 0.1) is 12.1 Å². The highest BCUT2D eigenvalue weighted by atomic mass is 35.5. The summed E-state index contributed by atoms with van der Waals surface area (Å²) < 4.78 is 19.0. The lowest BCUT2D eigenvalue weighted by atomic mass is 10.0. The van der Waals surface area contributed by atoms with E-state index in [9.17, 15) is 9.18 Å². The third-order valence-electron chi connectivity index (χ3n) is 3.05. The summed E-state index contributed by atoms with van der Waals surface area (Å²) in [6.45, 7) is 0. The fraction of sp³-hybridized carbons (Fsp3) is 0.188. The standard InChI is InChI=1S/C16H13Cl2FO2/c1-21-15-6-5-12(17)7-11(15)9-13(20)8-10-3-2-4-14(18)16(10)19/h2-7H,8-9H2,1H3. The van der Waals surface area contributed by atoms with Crippen LogP contribution in [0.3, 0.4) is 0 Å². The van der Waals surface area contributed by atoms with Gasteiger partial charge in [0.25, 0.3) is 0 Å². The molecule has 2 rings (SSSR count). The highest BCUT2D eigenvalue weighted by molar-refractivity contribution is 6.31. The number of ketones is 1. The average Bonchev–Trinajstić information content (AvgIpc) is 2.44. The van der Waals surface area contributed by atoms with Crippen molar-refractivity contribution in [1.29, 1.82) is 0 Å². The van der Waals surface area contributed by atoms with Gasteiger partial charge in [-0.3, -0.25) is 4.79 Å². The molecule has 0 aliphatic heterocycles. The Morgan fingerprint density at radius 3 is 2.57 bits per heavy atom. The third-order valence-corrected chi connectivity index (χ3v) is 3.58. The first-order chi connectivity index (χ1) is 10.0. The van der Waals surface area contributed by atoms with Gasteiger partial charge in [-0.1, -0.05) is 35.3 Å². The summed E-state index contributed by atoms with van der Waals surface area (Å²) in [6.07, 6.45) is 0.0950. The van der Waals surface area contributed by atoms with E-state index in [1.807, 2.05) is 0 Å². The zero-order valence-electron chi connectivity index (χ0n) is 11.3. The first kappa shape index (κ1) is 15.8. The van der Waals surface area contributed by atoms with Gasteiger partial charge in [-0.15, -0.1) is 0 Å². The fourth-order valence-electron chi connectivity index (χ4n) is 2.06. The zero-order valence-corrected chi connectivity index (χ0v) is 12.8. The predicted octanol–water partition coefficient (Wildman–Crippen LogP) is 4.50. The molecule has 0 amide bonds. The topological polar surface area (TPSA) is 26.3 Å². The molecule has 0 heterocycles. The quantitative estimate of drug-likeness (QED) is 0.808. The lowest BCUT2D eigenvalue weighted by Gasteiger charge is -2.09. The minimum Gasteiger partial charge on any atom is -0.496 e. The van der Waals surface area contributed by atoms with Crippen molar-refractivity contribution in [3.8, 4) is 5.75 Å². The summed E-state index contributed by atoms with van der Waals surface area (Å²) in [5.74, 6) is -0.110. The molecule has 0 aliphatic rings. The van der Waals surface area contributed by atoms with Crippen molar-refractivity contribution in [3.63, 3.8) is 0 Å². The smallest absolute Gasteiger partial charge is 0.145 e. The molecule has 21 heavy (non-hydrogen) atoms. The Morgan fingerprint density at radius 2 is 1.86 bits per heavy atom. The van der Waals surface area contributed by atoms with E-state index < -0.39 is 5.82 Å². The van der Waals surface area contributed by atoms with Crippen LogP contribution in [0.2, 0.25) is 10.0 Å². The van der Waals surface area contributed by atoms with Gasteiger partial charge in [-0.2, -0.15) is 0 Å². The molecule has 2 aromatic carbocycles. The summed E-state index contributed by atoms with van der Waals surface area (Å²) in [5, 5.41) is 0.535. The van der Waals surface area contributed by atoms with Crippen LogP contribution in [-0.4, -0.2) is 12.9 Å². The van der Waals surface area contributed by atoms with Crippen LogP contribution in [0.1, 0.15) is 11.1 Å². The van der Waals surface area contributed by atoms with E-state index in [1.54, 1.807) is 30.3 Å². The number of carbonyl (C=O) groups is 1. The molecule has 0 saturated carbocycles. The molecular formula is C16H13Cl2FO2. The summed E-state index contributed by atoms with van der Waals surface area (Å²) in [7, 11) is 1.52. The van der Waals surface area contributed by atoms with Crippen LogP contribution in [0.15, 0.2) is 36.4 Å². The number of methoxy groups -OCH3 is 1. The van der Waals surface area contributed by atoms with E-state index in [1.165, 1.54) is 13.2 Å². The molecule has 2 aromatic rings. The molecule has 0 spiro atoms. The maximum absolute atomic E-state index is 13.8. The molecule has 0 saturated heterocycles. The number of carbonyl (C=O) groups excluding carboxylic acids is 1. The van der Waals surface area contributed by atoms with Gasteiger partial charge in [0.15, 0.2) is 0 Å². The third kappa shape index (κ3) is 3.96. The van der Waals surface area contributed by atoms with Crippen molar-refractivity contribution < 1.29 is 13.9 Å². The number of ether oxygens (including phenoxy) is 1. The number of rotatable bonds is 5. The van der Waals surface area contributed by atoms with Crippen molar-refractivity contribution in [3.05, 3.63) is 63.4 Å². The van der Waals surface area contributed by atoms with Crippen LogP contribution in [0.25, 0.3) is 0 Å². The maximum atomic E-state index is 13.8. The minimum atomic E-state index is -0.550. The number of halogens is 3. The van der Waals surface area contributed by atoms with Crippen molar-refractivity contribution in [2.24, 2.45) is 0 Å². The summed E-state index contributed by atoms with van der Waals surface area (Å²) in [5.41, 5.74) is 0.964. The van der Waals surface area contributed by atoms with Crippen molar-refractivity contribution in [2.75, 3.05) is 7.11 Å². The van der Waals surface area contributed by atoms with E-state index >= 15 is 0 Å². The Balaban J connectivity index is 2.15. The second kappa shape index (κ2) is 6.92.